The van der Waals surface area contributed by atoms with Crippen molar-refractivity contribution in [1.29, 1.82) is 0 Å². The zero-order chi connectivity index (χ0) is 22.0. The van der Waals surface area contributed by atoms with Gasteiger partial charge >= 0.3 is 0 Å². The Bertz CT molecular complexity index is 1110. The molecule has 5 nitrogen and oxygen atoms in total. The van der Waals surface area contributed by atoms with Gasteiger partial charge in [0.2, 0.25) is 5.91 Å². The minimum Gasteiger partial charge on any atom is -0.322 e. The fourth-order valence-corrected chi connectivity index (χ4v) is 5.43. The second-order valence-electron chi connectivity index (χ2n) is 8.69. The van der Waals surface area contributed by atoms with Gasteiger partial charge in [0.05, 0.1) is 10.2 Å². The molecule has 0 radical (unpaired) electrons. The number of carbonyl (C=O) groups is 2. The van der Waals surface area contributed by atoms with E-state index in [9.17, 15) is 9.59 Å². The van der Waals surface area contributed by atoms with E-state index in [2.05, 4.69) is 34.7 Å². The summed E-state index contributed by atoms with van der Waals surface area (Å²) in [4.78, 5) is 29.8. The average molecular weight is 436 g/mol. The van der Waals surface area contributed by atoms with Crippen molar-refractivity contribution >= 4 is 44.2 Å². The fraction of sp³-hybridized carbons (Fsp3) is 0.400. The van der Waals surface area contributed by atoms with Gasteiger partial charge < -0.3 is 10.6 Å². The van der Waals surface area contributed by atoms with Gasteiger partial charge in [-0.05, 0) is 68.9 Å². The number of nitrogens with one attached hydrogen (secondary N) is 2. The maximum Gasteiger partial charge on any atom is 0.255 e. The van der Waals surface area contributed by atoms with Gasteiger partial charge in [-0.3, -0.25) is 9.59 Å². The predicted octanol–water partition coefficient (Wildman–Crippen LogP) is 6.38. The van der Waals surface area contributed by atoms with Gasteiger partial charge in [-0.1, -0.05) is 48.3 Å². The Morgan fingerprint density at radius 1 is 1.00 bits per heavy atom. The summed E-state index contributed by atoms with van der Waals surface area (Å²) in [5, 5.41) is 6.60. The molecule has 1 heterocycles. The molecule has 1 fully saturated rings. The molecule has 6 heteroatoms. The second-order valence-corrected chi connectivity index (χ2v) is 9.72. The van der Waals surface area contributed by atoms with Gasteiger partial charge in [0, 0.05) is 17.7 Å². The van der Waals surface area contributed by atoms with Crippen LogP contribution in [0.15, 0.2) is 30.3 Å². The number of rotatable bonds is 5. The molecule has 3 aromatic rings. The van der Waals surface area contributed by atoms with Crippen LogP contribution < -0.4 is 10.6 Å². The number of nitrogens with zero attached hydrogens (tertiary/aromatic N) is 1. The number of anilines is 2. The quantitative estimate of drug-likeness (QED) is 0.488. The molecule has 0 unspecified atom stereocenters. The Hall–Kier alpha value is -2.73. The molecule has 31 heavy (non-hydrogen) atoms. The average Bonchev–Trinajstić information content (AvgIpc) is 3.12. The third-order valence-electron chi connectivity index (χ3n) is 6.01. The third-order valence-corrected chi connectivity index (χ3v) is 6.94. The van der Waals surface area contributed by atoms with Crippen molar-refractivity contribution in [2.45, 2.75) is 59.3 Å². The molecule has 0 saturated heterocycles. The van der Waals surface area contributed by atoms with E-state index in [1.807, 2.05) is 26.0 Å². The molecular weight excluding hydrogens is 406 g/mol. The summed E-state index contributed by atoms with van der Waals surface area (Å²) in [6.45, 7) is 6.06. The van der Waals surface area contributed by atoms with Crippen LogP contribution in [0.2, 0.25) is 0 Å². The van der Waals surface area contributed by atoms with E-state index in [1.54, 1.807) is 6.07 Å². The smallest absolute Gasteiger partial charge is 0.255 e. The molecule has 2 N–H and O–H groups in total. The molecule has 1 aliphatic carbocycles. The van der Waals surface area contributed by atoms with Crippen LogP contribution in [-0.2, 0) is 4.79 Å². The fourth-order valence-electron chi connectivity index (χ4n) is 4.51. The van der Waals surface area contributed by atoms with Crippen LogP contribution in [-0.4, -0.2) is 16.8 Å². The van der Waals surface area contributed by atoms with E-state index in [0.29, 0.717) is 23.0 Å². The molecule has 1 aliphatic rings. The summed E-state index contributed by atoms with van der Waals surface area (Å²) in [6, 6.07) is 9.60. The van der Waals surface area contributed by atoms with E-state index in [1.165, 1.54) is 36.2 Å². The molecule has 162 valence electrons. The minimum atomic E-state index is -0.145. The predicted molar refractivity (Wildman–Crippen MR) is 128 cm³/mol. The first-order valence-electron chi connectivity index (χ1n) is 11.0. The third kappa shape index (κ3) is 5.13. The van der Waals surface area contributed by atoms with E-state index in [4.69, 9.17) is 0 Å². The summed E-state index contributed by atoms with van der Waals surface area (Å²) >= 11 is 1.41. The molecule has 2 amide bonds. The molecule has 0 spiro atoms. The molecular formula is C25H29N3O2S. The van der Waals surface area contributed by atoms with Crippen LogP contribution >= 0.6 is 11.3 Å². The second kappa shape index (κ2) is 9.18. The number of hydrogen-bond acceptors (Lipinski definition) is 4. The summed E-state index contributed by atoms with van der Waals surface area (Å²) < 4.78 is 0.887. The highest BCUT2D eigenvalue weighted by atomic mass is 32.1. The number of amides is 2. The molecule has 1 aromatic heterocycles. The van der Waals surface area contributed by atoms with Crippen LogP contribution in [0.4, 0.5) is 10.8 Å². The Labute approximate surface area is 187 Å². The van der Waals surface area contributed by atoms with Crippen molar-refractivity contribution in [1.82, 2.24) is 4.98 Å². The summed E-state index contributed by atoms with van der Waals surface area (Å²) in [5.74, 6) is 0.384. The van der Waals surface area contributed by atoms with Crippen molar-refractivity contribution in [3.63, 3.8) is 0 Å². The standard InChI is InChI=1S/C25H29N3O2S/c1-15-11-16(2)23(17(3)12-15)28-24(30)19-9-10-20-21(14-19)31-25(26-20)27-22(29)13-18-7-5-4-6-8-18/h9-12,14,18H,4-8,13H2,1-3H3,(H,28,30)(H,26,27,29). The van der Waals surface area contributed by atoms with Gasteiger partial charge in [0.15, 0.2) is 5.13 Å². The maximum atomic E-state index is 12.9. The minimum absolute atomic E-state index is 0.0363. The molecule has 0 aliphatic heterocycles. The largest absolute Gasteiger partial charge is 0.322 e. The van der Waals surface area contributed by atoms with E-state index in [-0.39, 0.29) is 11.8 Å². The first-order chi connectivity index (χ1) is 14.9. The van der Waals surface area contributed by atoms with E-state index < -0.39 is 0 Å². The van der Waals surface area contributed by atoms with Gasteiger partial charge in [0.25, 0.3) is 5.91 Å². The Morgan fingerprint density at radius 3 is 2.42 bits per heavy atom. The molecule has 0 atom stereocenters. The summed E-state index contributed by atoms with van der Waals surface area (Å²) in [6.07, 6.45) is 6.60. The molecule has 1 saturated carbocycles. The van der Waals surface area contributed by atoms with Crippen molar-refractivity contribution < 1.29 is 9.59 Å². The highest BCUT2D eigenvalue weighted by molar-refractivity contribution is 7.22. The SMILES string of the molecule is Cc1cc(C)c(NC(=O)c2ccc3nc(NC(=O)CC4CCCCC4)sc3c2)c(C)c1. The Kier molecular flexibility index (Phi) is 6.37. The van der Waals surface area contributed by atoms with Gasteiger partial charge in [-0.25, -0.2) is 4.98 Å². The highest BCUT2D eigenvalue weighted by Gasteiger charge is 2.18. The highest BCUT2D eigenvalue weighted by Crippen LogP contribution is 2.30. The zero-order valence-electron chi connectivity index (χ0n) is 18.4. The van der Waals surface area contributed by atoms with Gasteiger partial charge in [0.1, 0.15) is 0 Å². The number of thiazole rings is 1. The molecule has 0 bridgehead atoms. The van der Waals surface area contributed by atoms with Gasteiger partial charge in [-0.15, -0.1) is 0 Å². The monoisotopic (exact) mass is 435 g/mol. The number of aromatic nitrogens is 1. The number of hydrogen-bond donors (Lipinski definition) is 2. The summed E-state index contributed by atoms with van der Waals surface area (Å²) in [7, 11) is 0. The topological polar surface area (TPSA) is 71.1 Å². The van der Waals surface area contributed by atoms with Crippen molar-refractivity contribution in [3.05, 3.63) is 52.6 Å². The number of carbonyl (C=O) groups excluding carboxylic acids is 2. The molecule has 4 rings (SSSR count). The summed E-state index contributed by atoms with van der Waals surface area (Å²) in [5.41, 5.74) is 5.50. The van der Waals surface area contributed by atoms with Crippen LogP contribution in [0.1, 0.15) is 65.6 Å². The maximum absolute atomic E-state index is 12.9. The van der Waals surface area contributed by atoms with Crippen LogP contribution in [0.25, 0.3) is 10.2 Å². The number of benzene rings is 2. The van der Waals surface area contributed by atoms with Crippen LogP contribution in [0.5, 0.6) is 0 Å². The normalized spacial score (nSPS) is 14.5. The van der Waals surface area contributed by atoms with Gasteiger partial charge in [-0.2, -0.15) is 0 Å². The lowest BCUT2D eigenvalue weighted by Crippen LogP contribution is -2.18. The zero-order valence-corrected chi connectivity index (χ0v) is 19.2. The van der Waals surface area contributed by atoms with Crippen molar-refractivity contribution in [2.75, 3.05) is 10.6 Å². The Morgan fingerprint density at radius 2 is 1.71 bits per heavy atom. The Balaban J connectivity index is 1.46. The van der Waals surface area contributed by atoms with Crippen LogP contribution in [0, 0.1) is 26.7 Å². The van der Waals surface area contributed by atoms with E-state index in [0.717, 1.165) is 39.9 Å². The van der Waals surface area contributed by atoms with Crippen molar-refractivity contribution in [3.8, 4) is 0 Å². The lowest BCUT2D eigenvalue weighted by Gasteiger charge is -2.20. The first-order valence-corrected chi connectivity index (χ1v) is 11.8. The first kappa shape index (κ1) is 21.5. The number of fused-ring (bicyclic) bond motifs is 1. The molecule has 2 aromatic carbocycles. The lowest BCUT2D eigenvalue weighted by atomic mass is 9.87. The lowest BCUT2D eigenvalue weighted by molar-refractivity contribution is -0.117. The van der Waals surface area contributed by atoms with Crippen LogP contribution in [0.3, 0.4) is 0 Å². The number of aryl methyl sites for hydroxylation is 3. The van der Waals surface area contributed by atoms with E-state index >= 15 is 0 Å². The van der Waals surface area contributed by atoms with Crippen molar-refractivity contribution in [2.24, 2.45) is 5.92 Å².